The Morgan fingerprint density at radius 2 is 1.77 bits per heavy atom. The van der Waals surface area contributed by atoms with Gasteiger partial charge in [0.05, 0.1) is 12.6 Å². The van der Waals surface area contributed by atoms with E-state index in [2.05, 4.69) is 0 Å². The monoisotopic (exact) mass is 209 g/mol. The molecule has 0 saturated heterocycles. The number of aliphatic hydroxyl groups is 1. The fourth-order valence-corrected chi connectivity index (χ4v) is 0.956. The van der Waals surface area contributed by atoms with E-state index in [9.17, 15) is 8.78 Å². The van der Waals surface area contributed by atoms with Gasteiger partial charge >= 0.3 is 0 Å². The number of benzene rings is 1. The maximum Gasteiger partial charge on any atom is 0.130 e. The first kappa shape index (κ1) is 12.3. The van der Waals surface area contributed by atoms with E-state index >= 15 is 0 Å². The van der Waals surface area contributed by atoms with E-state index in [1.54, 1.807) is 0 Å². The second-order valence-corrected chi connectivity index (χ2v) is 2.42. The highest BCUT2D eigenvalue weighted by atomic mass is 35.5. The van der Waals surface area contributed by atoms with Gasteiger partial charge in [-0.1, -0.05) is 6.07 Å². The molecule has 1 rings (SSSR count). The second kappa shape index (κ2) is 5.11. The zero-order chi connectivity index (χ0) is 9.14. The average Bonchev–Trinajstić information content (AvgIpc) is 2.03. The van der Waals surface area contributed by atoms with Gasteiger partial charge in [0.2, 0.25) is 0 Å². The van der Waals surface area contributed by atoms with E-state index in [4.69, 9.17) is 10.8 Å². The lowest BCUT2D eigenvalue weighted by molar-refractivity contribution is 0.262. The quantitative estimate of drug-likeness (QED) is 0.773. The molecular formula is C8H10ClF2NO. The molecule has 1 aromatic carbocycles. The third kappa shape index (κ3) is 2.62. The van der Waals surface area contributed by atoms with Crippen molar-refractivity contribution in [1.29, 1.82) is 0 Å². The van der Waals surface area contributed by atoms with Crippen molar-refractivity contribution in [3.63, 3.8) is 0 Å². The van der Waals surface area contributed by atoms with E-state index in [0.717, 1.165) is 12.1 Å². The summed E-state index contributed by atoms with van der Waals surface area (Å²) in [4.78, 5) is 0. The Kier molecular flexibility index (Phi) is 4.83. The minimum atomic E-state index is -0.994. The van der Waals surface area contributed by atoms with Gasteiger partial charge in [-0.15, -0.1) is 12.4 Å². The minimum Gasteiger partial charge on any atom is -0.394 e. The highest BCUT2D eigenvalue weighted by molar-refractivity contribution is 5.85. The molecule has 0 heterocycles. The minimum absolute atomic E-state index is 0. The lowest BCUT2D eigenvalue weighted by atomic mass is 10.1. The van der Waals surface area contributed by atoms with Gasteiger partial charge in [-0.2, -0.15) is 0 Å². The molecule has 2 nitrogen and oxygen atoms in total. The summed E-state index contributed by atoms with van der Waals surface area (Å²) in [6, 6.07) is 2.46. The van der Waals surface area contributed by atoms with Crippen LogP contribution in [0.15, 0.2) is 18.2 Å². The van der Waals surface area contributed by atoms with Crippen LogP contribution in [0, 0.1) is 11.6 Å². The first-order valence-electron chi connectivity index (χ1n) is 3.47. The lowest BCUT2D eigenvalue weighted by Gasteiger charge is -2.09. The van der Waals surface area contributed by atoms with Crippen molar-refractivity contribution in [2.24, 2.45) is 5.73 Å². The highest BCUT2D eigenvalue weighted by Gasteiger charge is 2.14. The molecule has 0 fully saturated rings. The molecule has 1 atom stereocenters. The summed E-state index contributed by atoms with van der Waals surface area (Å²) in [6.07, 6.45) is 0. The van der Waals surface area contributed by atoms with E-state index in [0.29, 0.717) is 0 Å². The van der Waals surface area contributed by atoms with E-state index in [1.165, 1.54) is 6.07 Å². The van der Waals surface area contributed by atoms with E-state index in [1.807, 2.05) is 0 Å². The summed E-state index contributed by atoms with van der Waals surface area (Å²) < 4.78 is 25.7. The summed E-state index contributed by atoms with van der Waals surface area (Å²) in [6.45, 7) is -0.474. The van der Waals surface area contributed by atoms with Gasteiger partial charge < -0.3 is 10.8 Å². The third-order valence-corrected chi connectivity index (χ3v) is 1.57. The van der Waals surface area contributed by atoms with Crippen LogP contribution in [0.1, 0.15) is 11.6 Å². The van der Waals surface area contributed by atoms with Gasteiger partial charge in [-0.25, -0.2) is 8.78 Å². The Morgan fingerprint density at radius 3 is 2.15 bits per heavy atom. The Hall–Kier alpha value is -0.710. The van der Waals surface area contributed by atoms with Crippen LogP contribution in [-0.4, -0.2) is 11.7 Å². The average molecular weight is 210 g/mol. The molecule has 0 unspecified atom stereocenters. The molecule has 3 N–H and O–H groups in total. The van der Waals surface area contributed by atoms with Crippen molar-refractivity contribution in [2.45, 2.75) is 6.04 Å². The highest BCUT2D eigenvalue weighted by Crippen LogP contribution is 2.17. The second-order valence-electron chi connectivity index (χ2n) is 2.42. The lowest BCUT2D eigenvalue weighted by Crippen LogP contribution is -2.17. The number of hydrogen-bond donors (Lipinski definition) is 2. The molecule has 0 aliphatic heterocycles. The fraction of sp³-hybridized carbons (Fsp3) is 0.250. The largest absolute Gasteiger partial charge is 0.394 e. The number of halogens is 3. The first-order valence-corrected chi connectivity index (χ1v) is 3.47. The van der Waals surface area contributed by atoms with Gasteiger partial charge in [0, 0.05) is 5.56 Å². The smallest absolute Gasteiger partial charge is 0.130 e. The molecule has 1 aromatic rings. The topological polar surface area (TPSA) is 46.2 Å². The van der Waals surface area contributed by atoms with Gasteiger partial charge in [0.25, 0.3) is 0 Å². The Morgan fingerprint density at radius 1 is 1.31 bits per heavy atom. The van der Waals surface area contributed by atoms with Crippen LogP contribution in [0.2, 0.25) is 0 Å². The number of rotatable bonds is 2. The molecule has 0 spiro atoms. The van der Waals surface area contributed by atoms with Crippen LogP contribution in [0.25, 0.3) is 0 Å². The van der Waals surface area contributed by atoms with Crippen molar-refractivity contribution in [1.82, 2.24) is 0 Å². The maximum atomic E-state index is 12.9. The predicted molar refractivity (Wildman–Crippen MR) is 47.6 cm³/mol. The Labute approximate surface area is 80.8 Å². The molecule has 5 heteroatoms. The summed E-state index contributed by atoms with van der Waals surface area (Å²) in [5.74, 6) is -1.45. The van der Waals surface area contributed by atoms with Gasteiger partial charge in [0.1, 0.15) is 11.6 Å². The number of nitrogens with two attached hydrogens (primary N) is 1. The van der Waals surface area contributed by atoms with Crippen molar-refractivity contribution >= 4 is 12.4 Å². The first-order chi connectivity index (χ1) is 5.66. The van der Waals surface area contributed by atoms with E-state index in [-0.39, 0.29) is 18.0 Å². The van der Waals surface area contributed by atoms with Crippen LogP contribution in [-0.2, 0) is 0 Å². The number of hydrogen-bond acceptors (Lipinski definition) is 2. The molecule has 0 bridgehead atoms. The van der Waals surface area contributed by atoms with Crippen LogP contribution in [0.5, 0.6) is 0 Å². The van der Waals surface area contributed by atoms with Gasteiger partial charge in [0.15, 0.2) is 0 Å². The fourth-order valence-electron chi connectivity index (χ4n) is 0.956. The molecule has 74 valence electrons. The Bertz CT molecular complexity index is 263. The van der Waals surface area contributed by atoms with Crippen LogP contribution < -0.4 is 5.73 Å². The van der Waals surface area contributed by atoms with Crippen molar-refractivity contribution in [3.05, 3.63) is 35.4 Å². The van der Waals surface area contributed by atoms with Crippen molar-refractivity contribution < 1.29 is 13.9 Å². The third-order valence-electron chi connectivity index (χ3n) is 1.57. The summed E-state index contributed by atoms with van der Waals surface area (Å²) >= 11 is 0. The number of aliphatic hydroxyl groups excluding tert-OH is 1. The van der Waals surface area contributed by atoms with Crippen LogP contribution >= 0.6 is 12.4 Å². The predicted octanol–water partition coefficient (Wildman–Crippen LogP) is 1.38. The van der Waals surface area contributed by atoms with Crippen LogP contribution in [0.4, 0.5) is 8.78 Å². The standard InChI is InChI=1S/C8H9F2NO.ClH/c9-5-2-1-3-6(10)8(5)7(11)4-12;/h1-3,7,12H,4,11H2;1H/t7-;/m0./s1. The van der Waals surface area contributed by atoms with Crippen molar-refractivity contribution in [3.8, 4) is 0 Å². The SMILES string of the molecule is Cl.N[C@@H](CO)c1c(F)cccc1F. The molecular weight excluding hydrogens is 200 g/mol. The molecule has 0 aliphatic carbocycles. The van der Waals surface area contributed by atoms with E-state index < -0.39 is 24.3 Å². The molecule has 0 aromatic heterocycles. The maximum absolute atomic E-state index is 12.9. The Balaban J connectivity index is 0.00000144. The zero-order valence-corrected chi connectivity index (χ0v) is 7.52. The summed E-state index contributed by atoms with van der Waals surface area (Å²) in [5.41, 5.74) is 5.00. The summed E-state index contributed by atoms with van der Waals surface area (Å²) in [5, 5.41) is 8.58. The van der Waals surface area contributed by atoms with Gasteiger partial charge in [-0.05, 0) is 12.1 Å². The zero-order valence-electron chi connectivity index (χ0n) is 6.71. The molecule has 13 heavy (non-hydrogen) atoms. The molecule has 0 saturated carbocycles. The molecule has 0 amide bonds. The summed E-state index contributed by atoms with van der Waals surface area (Å²) in [7, 11) is 0. The molecule has 0 aliphatic rings. The molecule has 0 radical (unpaired) electrons. The van der Waals surface area contributed by atoms with Crippen LogP contribution in [0.3, 0.4) is 0 Å². The normalized spacial score (nSPS) is 12.0. The van der Waals surface area contributed by atoms with Crippen molar-refractivity contribution in [2.75, 3.05) is 6.61 Å². The van der Waals surface area contributed by atoms with Gasteiger partial charge in [-0.3, -0.25) is 0 Å².